The molecule has 31 heavy (non-hydrogen) atoms. The molecule has 0 atom stereocenters. The summed E-state index contributed by atoms with van der Waals surface area (Å²) in [5.74, 6) is -0.926. The number of carbonyl (C=O) groups is 2. The van der Waals surface area contributed by atoms with E-state index in [0.717, 1.165) is 0 Å². The van der Waals surface area contributed by atoms with Gasteiger partial charge in [-0.1, -0.05) is 12.1 Å². The van der Waals surface area contributed by atoms with E-state index in [0.29, 0.717) is 16.9 Å². The summed E-state index contributed by atoms with van der Waals surface area (Å²) in [5, 5.41) is 10.9. The molecule has 0 saturated heterocycles. The molecule has 154 valence electrons. The highest BCUT2D eigenvalue weighted by Gasteiger charge is 2.24. The minimum Gasteiger partial charge on any atom is -0.462 e. The second kappa shape index (κ2) is 8.19. The number of ketones is 1. The van der Waals surface area contributed by atoms with Gasteiger partial charge in [0.05, 0.1) is 39.7 Å². The van der Waals surface area contributed by atoms with E-state index in [-0.39, 0.29) is 34.9 Å². The number of carbonyl (C=O) groups excluding carboxylic acids is 2. The van der Waals surface area contributed by atoms with E-state index in [1.165, 1.54) is 30.3 Å². The Labute approximate surface area is 176 Å². The van der Waals surface area contributed by atoms with Crippen molar-refractivity contribution in [3.63, 3.8) is 0 Å². The van der Waals surface area contributed by atoms with E-state index >= 15 is 0 Å². The lowest BCUT2D eigenvalue weighted by Gasteiger charge is -2.09. The number of rotatable bonds is 6. The molecule has 0 fully saturated rings. The van der Waals surface area contributed by atoms with E-state index in [9.17, 15) is 19.7 Å². The molecular formula is C23H17N3O5. The molecule has 0 N–H and O–H groups in total. The van der Waals surface area contributed by atoms with Crippen molar-refractivity contribution < 1.29 is 19.2 Å². The van der Waals surface area contributed by atoms with Gasteiger partial charge in [-0.15, -0.1) is 0 Å². The van der Waals surface area contributed by atoms with Crippen LogP contribution in [-0.4, -0.2) is 32.7 Å². The van der Waals surface area contributed by atoms with Crippen LogP contribution in [0.3, 0.4) is 0 Å². The number of nitrogens with zero attached hydrogens (tertiary/aromatic N) is 3. The number of hydrogen-bond donors (Lipinski definition) is 0. The predicted molar refractivity (Wildman–Crippen MR) is 113 cm³/mol. The van der Waals surface area contributed by atoms with Gasteiger partial charge in [-0.2, -0.15) is 0 Å². The third-order valence-electron chi connectivity index (χ3n) is 4.78. The zero-order valence-electron chi connectivity index (χ0n) is 16.5. The first-order chi connectivity index (χ1) is 15.0. The number of nitro groups is 1. The first kappa shape index (κ1) is 20.0. The minimum atomic E-state index is -0.541. The summed E-state index contributed by atoms with van der Waals surface area (Å²) >= 11 is 0. The lowest BCUT2D eigenvalue weighted by atomic mass is 10.1. The molecule has 1 aromatic carbocycles. The molecule has 0 unspecified atom stereocenters. The highest BCUT2D eigenvalue weighted by Crippen LogP contribution is 2.27. The largest absolute Gasteiger partial charge is 0.462 e. The molecule has 4 aromatic rings. The summed E-state index contributed by atoms with van der Waals surface area (Å²) in [5.41, 5.74) is 2.38. The van der Waals surface area contributed by atoms with E-state index < -0.39 is 10.9 Å². The molecule has 3 aromatic heterocycles. The summed E-state index contributed by atoms with van der Waals surface area (Å²) in [6.45, 7) is 1.90. The standard InChI is InChI=1S/C23H17N3O5/c1-2-31-23(28)17-14-21(22(27)15-9-11-16(12-10-15)26(29)30)25-19(17)7-5-8-20(25)18-6-3-4-13-24-18/h3-14H,2H2,1H3. The molecule has 0 radical (unpaired) electrons. The van der Waals surface area contributed by atoms with Crippen LogP contribution in [0.25, 0.3) is 16.9 Å². The molecule has 3 heterocycles. The van der Waals surface area contributed by atoms with Crippen LogP contribution in [0.4, 0.5) is 5.69 Å². The van der Waals surface area contributed by atoms with Crippen molar-refractivity contribution in [3.05, 3.63) is 99.9 Å². The van der Waals surface area contributed by atoms with Crippen molar-refractivity contribution in [2.24, 2.45) is 0 Å². The molecule has 0 aliphatic heterocycles. The van der Waals surface area contributed by atoms with Crippen molar-refractivity contribution in [1.82, 2.24) is 9.38 Å². The molecule has 4 rings (SSSR count). The quantitative estimate of drug-likeness (QED) is 0.201. The zero-order chi connectivity index (χ0) is 22.0. The molecule has 8 heteroatoms. The summed E-state index contributed by atoms with van der Waals surface area (Å²) in [4.78, 5) is 40.7. The van der Waals surface area contributed by atoms with Gasteiger partial charge in [0.25, 0.3) is 5.69 Å². The number of fused-ring (bicyclic) bond motifs is 1. The Bertz CT molecular complexity index is 1290. The average Bonchev–Trinajstić information content (AvgIpc) is 3.19. The van der Waals surface area contributed by atoms with Gasteiger partial charge in [-0.3, -0.25) is 19.9 Å². The molecule has 0 bridgehead atoms. The summed E-state index contributed by atoms with van der Waals surface area (Å²) in [7, 11) is 0. The second-order valence-electron chi connectivity index (χ2n) is 6.64. The maximum Gasteiger partial charge on any atom is 0.340 e. The lowest BCUT2D eigenvalue weighted by Crippen LogP contribution is -2.07. The Morgan fingerprint density at radius 1 is 1.06 bits per heavy atom. The molecule has 0 spiro atoms. The van der Waals surface area contributed by atoms with Crippen LogP contribution in [0.5, 0.6) is 0 Å². The van der Waals surface area contributed by atoms with Crippen molar-refractivity contribution in [3.8, 4) is 11.4 Å². The summed E-state index contributed by atoms with van der Waals surface area (Å²) in [6, 6.07) is 17.6. The summed E-state index contributed by atoms with van der Waals surface area (Å²) in [6.07, 6.45) is 1.64. The van der Waals surface area contributed by atoms with Gasteiger partial charge in [0.2, 0.25) is 5.78 Å². The highest BCUT2D eigenvalue weighted by atomic mass is 16.6. The Balaban J connectivity index is 1.94. The minimum absolute atomic E-state index is 0.113. The monoisotopic (exact) mass is 415 g/mol. The number of nitro benzene ring substituents is 1. The molecular weight excluding hydrogens is 398 g/mol. The van der Waals surface area contributed by atoms with E-state index in [4.69, 9.17) is 4.74 Å². The van der Waals surface area contributed by atoms with Crippen molar-refractivity contribution in [2.75, 3.05) is 6.61 Å². The Morgan fingerprint density at radius 2 is 1.84 bits per heavy atom. The Kier molecular flexibility index (Phi) is 5.28. The maximum absolute atomic E-state index is 13.4. The fourth-order valence-corrected chi connectivity index (χ4v) is 3.39. The topological polar surface area (TPSA) is 104 Å². The van der Waals surface area contributed by atoms with Gasteiger partial charge >= 0.3 is 5.97 Å². The second-order valence-corrected chi connectivity index (χ2v) is 6.64. The van der Waals surface area contributed by atoms with Gasteiger partial charge in [-0.05, 0) is 49.4 Å². The number of non-ortho nitro benzene ring substituents is 1. The first-order valence-electron chi connectivity index (χ1n) is 9.53. The predicted octanol–water partition coefficient (Wildman–Crippen LogP) is 4.32. The maximum atomic E-state index is 13.4. The number of benzene rings is 1. The highest BCUT2D eigenvalue weighted by molar-refractivity contribution is 6.11. The van der Waals surface area contributed by atoms with Gasteiger partial charge in [0.1, 0.15) is 0 Å². The third-order valence-corrected chi connectivity index (χ3v) is 4.78. The first-order valence-corrected chi connectivity index (χ1v) is 9.53. The average molecular weight is 415 g/mol. The molecule has 8 nitrogen and oxygen atoms in total. The number of aromatic nitrogens is 2. The Morgan fingerprint density at radius 3 is 2.48 bits per heavy atom. The van der Waals surface area contributed by atoms with Crippen LogP contribution in [-0.2, 0) is 4.74 Å². The number of hydrogen-bond acceptors (Lipinski definition) is 6. The third kappa shape index (κ3) is 3.66. The van der Waals surface area contributed by atoms with Gasteiger partial charge < -0.3 is 9.14 Å². The fraction of sp³-hybridized carbons (Fsp3) is 0.0870. The number of esters is 1. The SMILES string of the molecule is CCOC(=O)c1cc(C(=O)c2ccc([N+](=O)[O-])cc2)n2c(-c3ccccn3)cccc12. The molecule has 0 saturated carbocycles. The van der Waals surface area contributed by atoms with Crippen molar-refractivity contribution in [2.45, 2.75) is 6.92 Å². The van der Waals surface area contributed by atoms with Crippen LogP contribution < -0.4 is 0 Å². The van der Waals surface area contributed by atoms with Crippen LogP contribution >= 0.6 is 0 Å². The van der Waals surface area contributed by atoms with Crippen molar-refractivity contribution in [1.29, 1.82) is 0 Å². The van der Waals surface area contributed by atoms with Crippen LogP contribution in [0.15, 0.2) is 72.9 Å². The van der Waals surface area contributed by atoms with Crippen LogP contribution in [0.1, 0.15) is 33.3 Å². The van der Waals surface area contributed by atoms with E-state index in [2.05, 4.69) is 4.98 Å². The summed E-state index contributed by atoms with van der Waals surface area (Å²) < 4.78 is 6.83. The van der Waals surface area contributed by atoms with E-state index in [1.54, 1.807) is 47.9 Å². The fourth-order valence-electron chi connectivity index (χ4n) is 3.39. The van der Waals surface area contributed by atoms with Gasteiger partial charge in [0.15, 0.2) is 0 Å². The smallest absolute Gasteiger partial charge is 0.340 e. The number of ether oxygens (including phenoxy) is 1. The van der Waals surface area contributed by atoms with Gasteiger partial charge in [0, 0.05) is 23.9 Å². The van der Waals surface area contributed by atoms with Crippen LogP contribution in [0, 0.1) is 10.1 Å². The molecule has 0 aliphatic rings. The molecule has 0 amide bonds. The normalized spacial score (nSPS) is 10.7. The molecule has 0 aliphatic carbocycles. The van der Waals surface area contributed by atoms with Crippen molar-refractivity contribution >= 4 is 23.0 Å². The zero-order valence-corrected chi connectivity index (χ0v) is 16.5. The Hall–Kier alpha value is -4.33. The lowest BCUT2D eigenvalue weighted by molar-refractivity contribution is -0.384. The number of pyridine rings is 2. The van der Waals surface area contributed by atoms with Crippen LogP contribution in [0.2, 0.25) is 0 Å². The van der Waals surface area contributed by atoms with E-state index in [1.807, 2.05) is 6.07 Å². The van der Waals surface area contributed by atoms with Gasteiger partial charge in [-0.25, -0.2) is 4.79 Å².